The molecular weight excluding hydrogens is 408 g/mol. The predicted octanol–water partition coefficient (Wildman–Crippen LogP) is 3.42. The van der Waals surface area contributed by atoms with Gasteiger partial charge in [0.05, 0.1) is 23.8 Å². The van der Waals surface area contributed by atoms with Gasteiger partial charge in [0.15, 0.2) is 0 Å². The highest BCUT2D eigenvalue weighted by Crippen LogP contribution is 2.22. The van der Waals surface area contributed by atoms with Crippen LogP contribution in [-0.4, -0.2) is 40.0 Å². The lowest BCUT2D eigenvalue weighted by atomic mass is 10.1. The van der Waals surface area contributed by atoms with E-state index in [-0.39, 0.29) is 18.1 Å². The summed E-state index contributed by atoms with van der Waals surface area (Å²) in [6, 6.07) is 7.31. The summed E-state index contributed by atoms with van der Waals surface area (Å²) in [6.07, 6.45) is 0.00772. The van der Waals surface area contributed by atoms with Gasteiger partial charge in [0.1, 0.15) is 12.7 Å². The molecule has 0 bridgehead atoms. The van der Waals surface area contributed by atoms with Crippen LogP contribution in [0.15, 0.2) is 29.1 Å². The normalized spacial score (nSPS) is 14.7. The van der Waals surface area contributed by atoms with Crippen molar-refractivity contribution in [2.75, 3.05) is 19.0 Å². The van der Waals surface area contributed by atoms with Crippen LogP contribution in [0.5, 0.6) is 0 Å². The first-order valence-corrected chi connectivity index (χ1v) is 10.2. The standard InChI is InChI=1S/C21H27ClN4O4/c1-13(14-6-8-15(22)9-7-14)23-19-24-17-10-11-25(20(28)30-21(2,3)4)12-16(17)18(27)26(19)29-5/h6-9,13H,10-12H2,1-5H3,(H,23,24). The van der Waals surface area contributed by atoms with Crippen molar-refractivity contribution < 1.29 is 14.4 Å². The third-order valence-corrected chi connectivity index (χ3v) is 4.99. The van der Waals surface area contributed by atoms with E-state index in [4.69, 9.17) is 21.2 Å². The number of fused-ring (bicyclic) bond motifs is 1. The topological polar surface area (TPSA) is 85.7 Å². The van der Waals surface area contributed by atoms with Crippen molar-refractivity contribution in [3.8, 4) is 0 Å². The van der Waals surface area contributed by atoms with Crippen molar-refractivity contribution in [1.29, 1.82) is 0 Å². The fourth-order valence-corrected chi connectivity index (χ4v) is 3.36. The number of carbonyl (C=O) groups excluding carboxylic acids is 1. The number of nitrogens with one attached hydrogen (secondary N) is 1. The third kappa shape index (κ3) is 4.87. The van der Waals surface area contributed by atoms with E-state index in [2.05, 4.69) is 10.3 Å². The minimum Gasteiger partial charge on any atom is -0.444 e. The maximum Gasteiger partial charge on any atom is 0.410 e. The lowest BCUT2D eigenvalue weighted by Crippen LogP contribution is -2.44. The number of halogens is 1. The van der Waals surface area contributed by atoms with Crippen LogP contribution in [0.3, 0.4) is 0 Å². The van der Waals surface area contributed by atoms with Crippen molar-refractivity contribution in [2.45, 2.75) is 52.3 Å². The van der Waals surface area contributed by atoms with E-state index in [1.54, 1.807) is 0 Å². The number of anilines is 1. The van der Waals surface area contributed by atoms with Gasteiger partial charge in [-0.05, 0) is 45.4 Å². The monoisotopic (exact) mass is 434 g/mol. The van der Waals surface area contributed by atoms with E-state index >= 15 is 0 Å². The number of ether oxygens (including phenoxy) is 1. The zero-order valence-electron chi connectivity index (χ0n) is 17.9. The molecule has 0 spiro atoms. The number of amides is 1. The molecule has 1 aliphatic heterocycles. The zero-order valence-corrected chi connectivity index (χ0v) is 18.6. The van der Waals surface area contributed by atoms with Crippen molar-refractivity contribution >= 4 is 23.6 Å². The molecule has 1 aromatic carbocycles. The van der Waals surface area contributed by atoms with Crippen molar-refractivity contribution in [2.24, 2.45) is 0 Å². The van der Waals surface area contributed by atoms with Gasteiger partial charge in [-0.25, -0.2) is 9.78 Å². The molecule has 9 heteroatoms. The number of benzene rings is 1. The summed E-state index contributed by atoms with van der Waals surface area (Å²) >= 11 is 5.96. The number of aromatic nitrogens is 2. The van der Waals surface area contributed by atoms with E-state index in [9.17, 15) is 9.59 Å². The Morgan fingerprint density at radius 3 is 2.53 bits per heavy atom. The van der Waals surface area contributed by atoms with Gasteiger partial charge < -0.3 is 19.8 Å². The highest BCUT2D eigenvalue weighted by molar-refractivity contribution is 6.30. The van der Waals surface area contributed by atoms with Crippen LogP contribution in [0.2, 0.25) is 5.02 Å². The molecule has 2 heterocycles. The Labute approximate surface area is 180 Å². The molecule has 2 aromatic rings. The number of carbonyl (C=O) groups is 1. The molecule has 1 aliphatic rings. The fraction of sp³-hybridized carbons (Fsp3) is 0.476. The predicted molar refractivity (Wildman–Crippen MR) is 115 cm³/mol. The molecule has 0 saturated carbocycles. The quantitative estimate of drug-likeness (QED) is 0.793. The van der Waals surface area contributed by atoms with E-state index in [0.29, 0.717) is 35.2 Å². The minimum atomic E-state index is -0.603. The molecule has 3 rings (SSSR count). The molecule has 1 amide bonds. The number of hydrogen-bond acceptors (Lipinski definition) is 6. The molecule has 1 aromatic heterocycles. The number of nitrogens with zero attached hydrogens (tertiary/aromatic N) is 3. The van der Waals surface area contributed by atoms with Crippen LogP contribution in [-0.2, 0) is 17.7 Å². The molecule has 8 nitrogen and oxygen atoms in total. The molecule has 0 aliphatic carbocycles. The Hall–Kier alpha value is -2.74. The molecule has 0 saturated heterocycles. The van der Waals surface area contributed by atoms with E-state index in [0.717, 1.165) is 10.3 Å². The lowest BCUT2D eigenvalue weighted by Gasteiger charge is -2.31. The summed E-state index contributed by atoms with van der Waals surface area (Å²) in [7, 11) is 1.40. The summed E-state index contributed by atoms with van der Waals surface area (Å²) in [5.74, 6) is 0.314. The number of hydrogen-bond donors (Lipinski definition) is 1. The van der Waals surface area contributed by atoms with Gasteiger partial charge in [-0.1, -0.05) is 23.7 Å². The molecule has 0 radical (unpaired) electrons. The average molecular weight is 435 g/mol. The summed E-state index contributed by atoms with van der Waals surface area (Å²) in [5, 5.41) is 3.89. The highest BCUT2D eigenvalue weighted by Gasteiger charge is 2.29. The maximum absolute atomic E-state index is 13.0. The lowest BCUT2D eigenvalue weighted by molar-refractivity contribution is 0.0219. The van der Waals surface area contributed by atoms with Crippen molar-refractivity contribution in [3.05, 3.63) is 56.5 Å². The minimum absolute atomic E-state index is 0.129. The second-order valence-electron chi connectivity index (χ2n) is 8.21. The van der Waals surface area contributed by atoms with Crippen LogP contribution in [0.25, 0.3) is 0 Å². The van der Waals surface area contributed by atoms with Gasteiger partial charge in [-0.15, -0.1) is 4.73 Å². The Balaban J connectivity index is 1.86. The van der Waals surface area contributed by atoms with Gasteiger partial charge >= 0.3 is 6.09 Å². The van der Waals surface area contributed by atoms with Crippen LogP contribution in [0.4, 0.5) is 10.7 Å². The second-order valence-corrected chi connectivity index (χ2v) is 8.65. The van der Waals surface area contributed by atoms with Gasteiger partial charge in [0.25, 0.3) is 5.56 Å². The first-order valence-electron chi connectivity index (χ1n) is 9.78. The number of rotatable bonds is 4. The molecule has 1 N–H and O–H groups in total. The summed E-state index contributed by atoms with van der Waals surface area (Å²) < 4.78 is 6.54. The molecule has 162 valence electrons. The molecule has 1 atom stereocenters. The largest absolute Gasteiger partial charge is 0.444 e. The zero-order chi connectivity index (χ0) is 22.1. The first kappa shape index (κ1) is 22.0. The highest BCUT2D eigenvalue weighted by atomic mass is 35.5. The van der Waals surface area contributed by atoms with Crippen molar-refractivity contribution in [3.63, 3.8) is 0 Å². The molecule has 1 unspecified atom stereocenters. The van der Waals surface area contributed by atoms with Crippen LogP contribution >= 0.6 is 11.6 Å². The van der Waals surface area contributed by atoms with Gasteiger partial charge in [-0.3, -0.25) is 4.79 Å². The molecular formula is C21H27ClN4O4. The SMILES string of the molecule is COn1c(NC(C)c2ccc(Cl)cc2)nc2c(c1=O)CN(C(=O)OC(C)(C)C)CC2. The third-order valence-electron chi connectivity index (χ3n) is 4.74. The van der Waals surface area contributed by atoms with Gasteiger partial charge in [0, 0.05) is 18.0 Å². The maximum atomic E-state index is 13.0. The smallest absolute Gasteiger partial charge is 0.410 e. The van der Waals surface area contributed by atoms with Crippen LogP contribution in [0, 0.1) is 0 Å². The summed E-state index contributed by atoms with van der Waals surface area (Å²) in [5.41, 5.74) is 1.12. The summed E-state index contributed by atoms with van der Waals surface area (Å²) in [6.45, 7) is 7.94. The molecule has 30 heavy (non-hydrogen) atoms. The first-order chi connectivity index (χ1) is 14.1. The van der Waals surface area contributed by atoms with Crippen LogP contribution in [0.1, 0.15) is 50.6 Å². The van der Waals surface area contributed by atoms with Gasteiger partial charge in [-0.2, -0.15) is 0 Å². The Morgan fingerprint density at radius 2 is 1.93 bits per heavy atom. The van der Waals surface area contributed by atoms with E-state index < -0.39 is 11.7 Å². The summed E-state index contributed by atoms with van der Waals surface area (Å²) in [4.78, 5) is 36.9. The molecule has 0 fully saturated rings. The van der Waals surface area contributed by atoms with E-state index in [1.165, 1.54) is 12.0 Å². The Bertz CT molecular complexity index is 982. The fourth-order valence-electron chi connectivity index (χ4n) is 3.23. The second kappa shape index (κ2) is 8.55. The Kier molecular flexibility index (Phi) is 6.26. The van der Waals surface area contributed by atoms with E-state index in [1.807, 2.05) is 52.0 Å². The average Bonchev–Trinajstić information content (AvgIpc) is 2.67. The van der Waals surface area contributed by atoms with Crippen molar-refractivity contribution in [1.82, 2.24) is 14.6 Å². The van der Waals surface area contributed by atoms with Gasteiger partial charge in [0.2, 0.25) is 5.95 Å². The van der Waals surface area contributed by atoms with Crippen LogP contribution < -0.4 is 15.7 Å². The Morgan fingerprint density at radius 1 is 1.27 bits per heavy atom.